The van der Waals surface area contributed by atoms with Crippen LogP contribution in [0.1, 0.15) is 22.3 Å². The van der Waals surface area contributed by atoms with Crippen molar-refractivity contribution in [3.05, 3.63) is 59.7 Å². The first-order valence-electron chi connectivity index (χ1n) is 10.6. The van der Waals surface area contributed by atoms with E-state index in [2.05, 4.69) is 10.6 Å². The highest BCUT2D eigenvalue weighted by Gasteiger charge is 2.27. The van der Waals surface area contributed by atoms with E-state index in [1.807, 2.05) is 0 Å². The molecule has 7 nitrogen and oxygen atoms in total. The maximum Gasteiger partial charge on any atom is 0.392 e. The molecule has 0 radical (unpaired) electrons. The van der Waals surface area contributed by atoms with Crippen molar-refractivity contribution in [3.8, 4) is 11.5 Å². The van der Waals surface area contributed by atoms with Crippen molar-refractivity contribution in [1.29, 1.82) is 0 Å². The average Bonchev–Trinajstić information content (AvgIpc) is 2.81. The van der Waals surface area contributed by atoms with Gasteiger partial charge in [0.25, 0.3) is 12.3 Å². The summed E-state index contributed by atoms with van der Waals surface area (Å²) >= 11 is 0. The van der Waals surface area contributed by atoms with Gasteiger partial charge in [0.2, 0.25) is 5.91 Å². The van der Waals surface area contributed by atoms with Gasteiger partial charge >= 0.3 is 6.18 Å². The summed E-state index contributed by atoms with van der Waals surface area (Å²) in [6, 6.07) is 10.4. The summed E-state index contributed by atoms with van der Waals surface area (Å²) in [4.78, 5) is 25.2. The number of benzene rings is 2. The second kappa shape index (κ2) is 13.5. The van der Waals surface area contributed by atoms with E-state index in [0.29, 0.717) is 5.56 Å². The van der Waals surface area contributed by atoms with E-state index in [1.165, 1.54) is 36.4 Å². The van der Waals surface area contributed by atoms with E-state index >= 15 is 0 Å². The smallest absolute Gasteiger partial charge is 0.392 e. The molecule has 192 valence electrons. The summed E-state index contributed by atoms with van der Waals surface area (Å²) in [5, 5.41) is 14.0. The van der Waals surface area contributed by atoms with Gasteiger partial charge in [0.1, 0.15) is 24.1 Å². The number of aliphatic hydroxyl groups is 1. The Kier molecular flexibility index (Phi) is 10.7. The van der Waals surface area contributed by atoms with Gasteiger partial charge in [0, 0.05) is 18.5 Å². The van der Waals surface area contributed by atoms with E-state index in [9.17, 15) is 31.5 Å². The molecule has 2 aromatic carbocycles. The molecule has 0 aliphatic rings. The lowest BCUT2D eigenvalue weighted by Crippen LogP contribution is -2.48. The van der Waals surface area contributed by atoms with Crippen LogP contribution < -0.4 is 20.1 Å². The summed E-state index contributed by atoms with van der Waals surface area (Å²) < 4.78 is 71.1. The van der Waals surface area contributed by atoms with Gasteiger partial charge in [-0.1, -0.05) is 12.1 Å². The predicted molar refractivity (Wildman–Crippen MR) is 116 cm³/mol. The molecule has 1 atom stereocenters. The first-order chi connectivity index (χ1) is 16.6. The SMILES string of the molecule is O=C(NC(Cc1ccc(OCCC(F)(F)F)cc1)C(=O)NCCO)c1ccc(OCC(F)F)cc1. The minimum absolute atomic E-state index is 0.0344. The Morgan fingerprint density at radius 2 is 1.54 bits per heavy atom. The molecule has 2 aromatic rings. The van der Waals surface area contributed by atoms with Crippen LogP contribution >= 0.6 is 0 Å². The second-order valence-corrected chi connectivity index (χ2v) is 7.33. The Morgan fingerprint density at radius 1 is 0.943 bits per heavy atom. The topological polar surface area (TPSA) is 96.9 Å². The van der Waals surface area contributed by atoms with Gasteiger partial charge in [0.05, 0.1) is 19.6 Å². The molecule has 1 unspecified atom stereocenters. The largest absolute Gasteiger partial charge is 0.493 e. The van der Waals surface area contributed by atoms with Crippen LogP contribution in [0.3, 0.4) is 0 Å². The Bertz CT molecular complexity index is 937. The van der Waals surface area contributed by atoms with Gasteiger partial charge in [-0.05, 0) is 42.0 Å². The van der Waals surface area contributed by atoms with Crippen LogP contribution in [0.25, 0.3) is 0 Å². The van der Waals surface area contributed by atoms with Crippen LogP contribution in [0.5, 0.6) is 11.5 Å². The molecule has 0 aliphatic carbocycles. The monoisotopic (exact) mass is 504 g/mol. The van der Waals surface area contributed by atoms with Crippen LogP contribution in [0.15, 0.2) is 48.5 Å². The summed E-state index contributed by atoms with van der Waals surface area (Å²) in [5.74, 6) is -0.800. The number of rotatable bonds is 13. The van der Waals surface area contributed by atoms with E-state index in [-0.39, 0.29) is 36.6 Å². The lowest BCUT2D eigenvalue weighted by Gasteiger charge is -2.19. The summed E-state index contributed by atoms with van der Waals surface area (Å²) in [7, 11) is 0. The van der Waals surface area contributed by atoms with E-state index in [4.69, 9.17) is 14.6 Å². The third-order valence-electron chi connectivity index (χ3n) is 4.54. The lowest BCUT2D eigenvalue weighted by molar-refractivity contribution is -0.139. The minimum atomic E-state index is -4.33. The zero-order valence-electron chi connectivity index (χ0n) is 18.5. The molecule has 2 rings (SSSR count). The number of hydrogen-bond donors (Lipinski definition) is 3. The molecular weight excluding hydrogens is 479 g/mol. The highest BCUT2D eigenvalue weighted by molar-refractivity contribution is 5.97. The van der Waals surface area contributed by atoms with Crippen LogP contribution in [0, 0.1) is 0 Å². The molecule has 35 heavy (non-hydrogen) atoms. The molecule has 2 amide bonds. The van der Waals surface area contributed by atoms with Gasteiger partial charge in [-0.2, -0.15) is 13.2 Å². The number of nitrogens with one attached hydrogen (secondary N) is 2. The molecule has 0 heterocycles. The van der Waals surface area contributed by atoms with Crippen molar-refractivity contribution >= 4 is 11.8 Å². The summed E-state index contributed by atoms with van der Waals surface area (Å²) in [6.07, 6.45) is -8.02. The second-order valence-electron chi connectivity index (χ2n) is 7.33. The average molecular weight is 504 g/mol. The van der Waals surface area contributed by atoms with Crippen molar-refractivity contribution in [2.24, 2.45) is 0 Å². The maximum atomic E-state index is 12.6. The van der Waals surface area contributed by atoms with Gasteiger partial charge in [-0.15, -0.1) is 0 Å². The number of carbonyl (C=O) groups excluding carboxylic acids is 2. The molecule has 0 aliphatic heterocycles. The Balaban J connectivity index is 2.03. The molecular formula is C23H25F5N2O5. The summed E-state index contributed by atoms with van der Waals surface area (Å²) in [5.41, 5.74) is 0.746. The third kappa shape index (κ3) is 10.6. The number of alkyl halides is 5. The van der Waals surface area contributed by atoms with Crippen LogP contribution in [0.4, 0.5) is 22.0 Å². The summed E-state index contributed by atoms with van der Waals surface area (Å²) in [6.45, 7) is -1.66. The zero-order chi connectivity index (χ0) is 25.8. The molecule has 0 saturated carbocycles. The van der Waals surface area contributed by atoms with Crippen LogP contribution in [-0.2, 0) is 11.2 Å². The third-order valence-corrected chi connectivity index (χ3v) is 4.54. The van der Waals surface area contributed by atoms with E-state index in [0.717, 1.165) is 0 Å². The highest BCUT2D eigenvalue weighted by Crippen LogP contribution is 2.21. The van der Waals surface area contributed by atoms with Crippen molar-refractivity contribution in [3.63, 3.8) is 0 Å². The number of carbonyl (C=O) groups is 2. The number of amides is 2. The number of hydrogen-bond acceptors (Lipinski definition) is 5. The Labute approximate surface area is 198 Å². The predicted octanol–water partition coefficient (Wildman–Crippen LogP) is 3.11. The van der Waals surface area contributed by atoms with Crippen LogP contribution in [-0.4, -0.2) is 61.9 Å². The molecule has 0 aromatic heterocycles. The normalized spacial score (nSPS) is 12.2. The van der Waals surface area contributed by atoms with Crippen molar-refractivity contribution in [2.45, 2.75) is 31.5 Å². The molecule has 0 saturated heterocycles. The van der Waals surface area contributed by atoms with Crippen LogP contribution in [0.2, 0.25) is 0 Å². The minimum Gasteiger partial charge on any atom is -0.493 e. The van der Waals surface area contributed by atoms with Gasteiger partial charge in [-0.25, -0.2) is 8.78 Å². The molecule has 0 spiro atoms. The first-order valence-corrected chi connectivity index (χ1v) is 10.6. The van der Waals surface area contributed by atoms with Crippen molar-refractivity contribution < 1.29 is 46.1 Å². The number of aliphatic hydroxyl groups excluding tert-OH is 1. The molecule has 12 heteroatoms. The van der Waals surface area contributed by atoms with Gasteiger partial charge in [-0.3, -0.25) is 9.59 Å². The van der Waals surface area contributed by atoms with Gasteiger partial charge < -0.3 is 25.2 Å². The van der Waals surface area contributed by atoms with E-state index in [1.54, 1.807) is 12.1 Å². The molecule has 3 N–H and O–H groups in total. The first kappa shape index (κ1) is 27.8. The number of halogens is 5. The maximum absolute atomic E-state index is 12.6. The Hall–Kier alpha value is -3.41. The molecule has 0 fully saturated rings. The highest BCUT2D eigenvalue weighted by atomic mass is 19.4. The van der Waals surface area contributed by atoms with E-state index < -0.39 is 50.1 Å². The molecule has 0 bridgehead atoms. The van der Waals surface area contributed by atoms with Crippen molar-refractivity contribution in [1.82, 2.24) is 10.6 Å². The quantitative estimate of drug-likeness (QED) is 0.365. The fourth-order valence-corrected chi connectivity index (χ4v) is 2.86. The fraction of sp³-hybridized carbons (Fsp3) is 0.391. The zero-order valence-corrected chi connectivity index (χ0v) is 18.5. The Morgan fingerprint density at radius 3 is 2.11 bits per heavy atom. The fourth-order valence-electron chi connectivity index (χ4n) is 2.86. The number of ether oxygens (including phenoxy) is 2. The van der Waals surface area contributed by atoms with Crippen molar-refractivity contribution in [2.75, 3.05) is 26.4 Å². The lowest BCUT2D eigenvalue weighted by atomic mass is 10.0. The van der Waals surface area contributed by atoms with Gasteiger partial charge in [0.15, 0.2) is 0 Å². The standard InChI is InChI=1S/C23H25F5N2O5/c24-20(25)14-35-18-7-3-16(4-8-18)21(32)30-19(22(33)29-10-11-31)13-15-1-5-17(6-2-15)34-12-9-23(26,27)28/h1-8,19-20,31H,9-14H2,(H,29,33)(H,30,32).